The van der Waals surface area contributed by atoms with Crippen LogP contribution in [0.2, 0.25) is 0 Å². The van der Waals surface area contributed by atoms with Crippen LogP contribution in [0.1, 0.15) is 16.9 Å². The van der Waals surface area contributed by atoms with E-state index in [-0.39, 0.29) is 29.3 Å². The first kappa shape index (κ1) is 15.4. The minimum Gasteiger partial charge on any atom is -0.406 e. The molecule has 3 heterocycles. The first-order chi connectivity index (χ1) is 11.3. The predicted molar refractivity (Wildman–Crippen MR) is 78.9 cm³/mol. The molecule has 24 heavy (non-hydrogen) atoms. The lowest BCUT2D eigenvalue weighted by Crippen LogP contribution is -2.53. The number of alkyl halides is 3. The third-order valence-electron chi connectivity index (χ3n) is 4.81. The molecule has 2 aromatic rings. The fourth-order valence-electron chi connectivity index (χ4n) is 3.70. The Morgan fingerprint density at radius 2 is 2.21 bits per heavy atom. The van der Waals surface area contributed by atoms with Gasteiger partial charge in [-0.2, -0.15) is 5.10 Å². The van der Waals surface area contributed by atoms with Gasteiger partial charge < -0.3 is 10.1 Å². The van der Waals surface area contributed by atoms with E-state index in [0.29, 0.717) is 16.9 Å². The van der Waals surface area contributed by atoms with Crippen molar-refractivity contribution in [2.45, 2.75) is 30.9 Å². The SMILES string of the molecule is CN1C(C(=O)c2n[nH]c3cc(OC(F)(F)F)ccc23)[C@@H]2C[C@@H]1CN2. The lowest BCUT2D eigenvalue weighted by molar-refractivity contribution is -0.274. The minimum atomic E-state index is -4.76. The molecule has 0 amide bonds. The Kier molecular flexibility index (Phi) is 3.33. The van der Waals surface area contributed by atoms with Crippen LogP contribution in [0.25, 0.3) is 10.9 Å². The smallest absolute Gasteiger partial charge is 0.406 e. The molecule has 3 atom stereocenters. The number of hydrogen-bond donors (Lipinski definition) is 2. The van der Waals surface area contributed by atoms with Crippen LogP contribution in [0.3, 0.4) is 0 Å². The topological polar surface area (TPSA) is 70.2 Å². The van der Waals surface area contributed by atoms with Crippen molar-refractivity contribution in [1.29, 1.82) is 0 Å². The summed E-state index contributed by atoms with van der Waals surface area (Å²) in [5, 5.41) is 10.5. The molecule has 1 aromatic carbocycles. The minimum absolute atomic E-state index is 0.0899. The van der Waals surface area contributed by atoms with Crippen LogP contribution >= 0.6 is 0 Å². The van der Waals surface area contributed by atoms with Gasteiger partial charge in [0.05, 0.1) is 11.6 Å². The van der Waals surface area contributed by atoms with Crippen LogP contribution in [0.4, 0.5) is 13.2 Å². The maximum absolute atomic E-state index is 12.9. The summed E-state index contributed by atoms with van der Waals surface area (Å²) in [7, 11) is 1.91. The van der Waals surface area contributed by atoms with Gasteiger partial charge in [-0.25, -0.2) is 0 Å². The maximum atomic E-state index is 12.9. The van der Waals surface area contributed by atoms with Gasteiger partial charge in [0.2, 0.25) is 5.78 Å². The number of aromatic nitrogens is 2. The normalized spacial score (nSPS) is 27.1. The Balaban J connectivity index is 1.64. The molecular weight excluding hydrogens is 325 g/mol. The summed E-state index contributed by atoms with van der Waals surface area (Å²) in [4.78, 5) is 14.9. The molecule has 1 unspecified atom stereocenters. The Morgan fingerprint density at radius 3 is 2.88 bits per heavy atom. The number of H-pyrrole nitrogens is 1. The molecule has 6 nitrogen and oxygen atoms in total. The summed E-state index contributed by atoms with van der Waals surface area (Å²) in [5.41, 5.74) is 0.577. The molecule has 1 aromatic heterocycles. The Hall–Kier alpha value is -2.13. The molecule has 9 heteroatoms. The van der Waals surface area contributed by atoms with E-state index >= 15 is 0 Å². The number of hydrogen-bond acceptors (Lipinski definition) is 5. The van der Waals surface area contributed by atoms with Gasteiger partial charge in [-0.15, -0.1) is 13.2 Å². The Bertz CT molecular complexity index is 802. The summed E-state index contributed by atoms with van der Waals surface area (Å²) in [6, 6.07) is 3.92. The van der Waals surface area contributed by atoms with Gasteiger partial charge in [0, 0.05) is 30.1 Å². The number of likely N-dealkylation sites (N-methyl/N-ethyl adjacent to an activating group) is 1. The number of Topliss-reactive ketones (excluding diaryl/α,β-unsaturated/α-hetero) is 1. The molecule has 2 bridgehead atoms. The van der Waals surface area contributed by atoms with Crippen molar-refractivity contribution >= 4 is 16.7 Å². The van der Waals surface area contributed by atoms with Gasteiger partial charge in [-0.3, -0.25) is 14.8 Å². The third-order valence-corrected chi connectivity index (χ3v) is 4.81. The summed E-state index contributed by atoms with van der Waals surface area (Å²) in [6.45, 7) is 0.865. The average molecular weight is 340 g/mol. The lowest BCUT2D eigenvalue weighted by atomic mass is 10.0. The van der Waals surface area contributed by atoms with E-state index in [4.69, 9.17) is 0 Å². The number of piperazine rings is 1. The largest absolute Gasteiger partial charge is 0.573 e. The lowest BCUT2D eigenvalue weighted by Gasteiger charge is -2.30. The van der Waals surface area contributed by atoms with Gasteiger partial charge in [-0.05, 0) is 25.6 Å². The molecule has 0 aliphatic carbocycles. The first-order valence-electron chi connectivity index (χ1n) is 7.57. The van der Waals surface area contributed by atoms with E-state index < -0.39 is 6.36 Å². The number of ether oxygens (including phenoxy) is 1. The maximum Gasteiger partial charge on any atom is 0.573 e. The molecule has 2 aliphatic heterocycles. The summed E-state index contributed by atoms with van der Waals surface area (Å²) in [5.74, 6) is -0.482. The van der Waals surface area contributed by atoms with E-state index in [1.807, 2.05) is 11.9 Å². The van der Waals surface area contributed by atoms with Crippen molar-refractivity contribution in [3.8, 4) is 5.75 Å². The zero-order valence-electron chi connectivity index (χ0n) is 12.7. The van der Waals surface area contributed by atoms with Gasteiger partial charge in [0.1, 0.15) is 11.4 Å². The van der Waals surface area contributed by atoms with Crippen molar-refractivity contribution in [3.05, 3.63) is 23.9 Å². The van der Waals surface area contributed by atoms with Crippen molar-refractivity contribution in [2.75, 3.05) is 13.6 Å². The number of fused-ring (bicyclic) bond motifs is 3. The van der Waals surface area contributed by atoms with E-state index in [2.05, 4.69) is 20.3 Å². The van der Waals surface area contributed by atoms with Crippen LogP contribution in [0.5, 0.6) is 5.75 Å². The zero-order chi connectivity index (χ0) is 17.1. The van der Waals surface area contributed by atoms with Crippen molar-refractivity contribution in [3.63, 3.8) is 0 Å². The number of likely N-dealkylation sites (tertiary alicyclic amines) is 1. The number of carbonyl (C=O) groups is 1. The molecule has 2 saturated heterocycles. The zero-order valence-corrected chi connectivity index (χ0v) is 12.7. The highest BCUT2D eigenvalue weighted by Crippen LogP contribution is 2.32. The Labute approximate surface area is 134 Å². The first-order valence-corrected chi connectivity index (χ1v) is 7.57. The summed E-state index contributed by atoms with van der Waals surface area (Å²) < 4.78 is 40.8. The second-order valence-corrected chi connectivity index (χ2v) is 6.21. The fraction of sp³-hybridized carbons (Fsp3) is 0.467. The molecule has 2 fully saturated rings. The highest BCUT2D eigenvalue weighted by Gasteiger charge is 2.48. The molecular formula is C15H15F3N4O2. The molecule has 0 saturated carbocycles. The van der Waals surface area contributed by atoms with E-state index in [9.17, 15) is 18.0 Å². The van der Waals surface area contributed by atoms with E-state index in [0.717, 1.165) is 13.0 Å². The number of aromatic amines is 1. The number of benzene rings is 1. The molecule has 0 spiro atoms. The Morgan fingerprint density at radius 1 is 1.42 bits per heavy atom. The van der Waals surface area contributed by atoms with Crippen LogP contribution in [0, 0.1) is 0 Å². The average Bonchev–Trinajstić information content (AvgIpc) is 3.17. The van der Waals surface area contributed by atoms with Crippen LogP contribution < -0.4 is 10.1 Å². The van der Waals surface area contributed by atoms with E-state index in [1.54, 1.807) is 0 Å². The number of nitrogens with zero attached hydrogens (tertiary/aromatic N) is 2. The van der Waals surface area contributed by atoms with Gasteiger partial charge >= 0.3 is 6.36 Å². The molecule has 2 aliphatic rings. The quantitative estimate of drug-likeness (QED) is 0.832. The summed E-state index contributed by atoms with van der Waals surface area (Å²) >= 11 is 0. The second kappa shape index (κ2) is 5.18. The third kappa shape index (κ3) is 2.44. The van der Waals surface area contributed by atoms with Crippen LogP contribution in [-0.2, 0) is 0 Å². The van der Waals surface area contributed by atoms with Gasteiger partial charge in [-0.1, -0.05) is 0 Å². The van der Waals surface area contributed by atoms with Gasteiger partial charge in [0.15, 0.2) is 0 Å². The number of ketones is 1. The van der Waals surface area contributed by atoms with Crippen molar-refractivity contribution in [1.82, 2.24) is 20.4 Å². The number of halogens is 3. The molecule has 128 valence electrons. The predicted octanol–water partition coefficient (Wildman–Crippen LogP) is 1.69. The van der Waals surface area contributed by atoms with Crippen LogP contribution in [-0.4, -0.2) is 59.0 Å². The highest BCUT2D eigenvalue weighted by atomic mass is 19.4. The van der Waals surface area contributed by atoms with Crippen LogP contribution in [0.15, 0.2) is 18.2 Å². The van der Waals surface area contributed by atoms with E-state index in [1.165, 1.54) is 18.2 Å². The molecule has 4 rings (SSSR count). The number of nitrogens with one attached hydrogen (secondary N) is 2. The number of rotatable bonds is 3. The standard InChI is InChI=1S/C15H15F3N4O2/c1-22-7-4-11(19-6-7)13(22)14(23)12-9-3-2-8(24-15(16,17)18)5-10(9)20-21-12/h2-3,5,7,11,13,19H,4,6H2,1H3,(H,20,21)/t7-,11+,13?/m1/s1. The highest BCUT2D eigenvalue weighted by molar-refractivity contribution is 6.09. The summed E-state index contributed by atoms with van der Waals surface area (Å²) in [6.07, 6.45) is -3.84. The number of carbonyl (C=O) groups excluding carboxylic acids is 1. The molecule has 0 radical (unpaired) electrons. The van der Waals surface area contributed by atoms with Gasteiger partial charge in [0.25, 0.3) is 0 Å². The van der Waals surface area contributed by atoms with Crippen molar-refractivity contribution in [2.24, 2.45) is 0 Å². The fourth-order valence-corrected chi connectivity index (χ4v) is 3.70. The second-order valence-electron chi connectivity index (χ2n) is 6.21. The monoisotopic (exact) mass is 340 g/mol. The van der Waals surface area contributed by atoms with Crippen molar-refractivity contribution < 1.29 is 22.7 Å². The molecule has 2 N–H and O–H groups in total.